The molecule has 0 saturated carbocycles. The number of guanidine groups is 2. The van der Waals surface area contributed by atoms with Gasteiger partial charge in [-0.25, -0.2) is 0 Å². The summed E-state index contributed by atoms with van der Waals surface area (Å²) in [6, 6.07) is 0. The minimum absolute atomic E-state index is 0. The first-order chi connectivity index (χ1) is 16.7. The molecule has 0 aromatic heterocycles. The summed E-state index contributed by atoms with van der Waals surface area (Å²) in [5.74, 6) is 0.676. The van der Waals surface area contributed by atoms with Gasteiger partial charge in [-0.05, 0) is 54.4 Å². The fourth-order valence-electron chi connectivity index (χ4n) is 3.59. The monoisotopic (exact) mass is 1030 g/mol. The first-order valence-corrected chi connectivity index (χ1v) is 27.9. The largest absolute Gasteiger partial charge is 1.00 e. The Morgan fingerprint density at radius 2 is 0.571 bits per heavy atom. The molecule has 0 aromatic rings. The van der Waals surface area contributed by atoms with Crippen molar-refractivity contribution in [2.75, 3.05) is 54.4 Å². The standard InChI is InChI=1S/2C7H16N3.2C6H18NSi2.4Ag/c2*1-5-10(6-2)7(8)9(3)4;2*1-8(2,3)7-9(4,5)6;;;;/h2*5-6H2,1-4H3;2*1-6H3;;;;/q4*-1;4*+1. The van der Waals surface area contributed by atoms with Crippen molar-refractivity contribution in [1.29, 1.82) is 0 Å². The van der Waals surface area contributed by atoms with Gasteiger partial charge >= 0.3 is 89.5 Å². The van der Waals surface area contributed by atoms with E-state index in [-0.39, 0.29) is 89.5 Å². The van der Waals surface area contributed by atoms with Crippen LogP contribution in [0.2, 0.25) is 78.6 Å². The zero-order valence-electron chi connectivity index (χ0n) is 30.6. The van der Waals surface area contributed by atoms with Gasteiger partial charge in [0.15, 0.2) is 0 Å². The minimum Gasteiger partial charge on any atom is -0.668 e. The molecule has 0 unspecified atom stereocenters. The summed E-state index contributed by atoms with van der Waals surface area (Å²) in [6.45, 7) is 39.0. The fraction of sp³-hybridized carbons (Fsp3) is 0.923. The Morgan fingerprint density at radius 1 is 0.429 bits per heavy atom. The van der Waals surface area contributed by atoms with Crippen molar-refractivity contribution in [3.8, 4) is 0 Å². The van der Waals surface area contributed by atoms with Gasteiger partial charge in [-0.1, -0.05) is 139 Å². The van der Waals surface area contributed by atoms with E-state index in [1.165, 1.54) is 0 Å². The Balaban J connectivity index is -0.0000000593. The summed E-state index contributed by atoms with van der Waals surface area (Å²) in [7, 11) is 2.88. The maximum absolute atomic E-state index is 9.35. The average molecular weight is 1040 g/mol. The molecule has 0 aliphatic rings. The number of rotatable bonds is 8. The Hall–Kier alpha value is 2.29. The maximum Gasteiger partial charge on any atom is 1.00 e. The topological polar surface area (TPSA) is 85.8 Å². The normalized spacial score (nSPS) is 10.4. The van der Waals surface area contributed by atoms with Crippen LogP contribution in [-0.4, -0.2) is 119 Å². The predicted octanol–water partition coefficient (Wildman–Crippen LogP) is 7.68. The molecule has 0 N–H and O–H groups in total. The van der Waals surface area contributed by atoms with Crippen LogP contribution in [0, 0.1) is 0 Å². The average Bonchev–Trinajstić information content (AvgIpc) is 2.65. The van der Waals surface area contributed by atoms with E-state index in [9.17, 15) is 10.8 Å². The van der Waals surface area contributed by atoms with E-state index in [4.69, 9.17) is 9.30 Å². The van der Waals surface area contributed by atoms with E-state index in [0.29, 0.717) is 11.9 Å². The molecule has 0 bridgehead atoms. The minimum atomic E-state index is -1.11. The van der Waals surface area contributed by atoms with Crippen LogP contribution in [0.1, 0.15) is 27.7 Å². The summed E-state index contributed by atoms with van der Waals surface area (Å²) < 4.78 is 9.64. The van der Waals surface area contributed by atoms with E-state index in [1.54, 1.807) is 9.80 Å². The van der Waals surface area contributed by atoms with Crippen LogP contribution in [-0.2, 0) is 89.5 Å². The third-order valence-corrected chi connectivity index (χ3v) is 15.0. The number of hydrogen-bond donors (Lipinski definition) is 0. The molecule has 0 aromatic carbocycles. The molecule has 42 heavy (non-hydrogen) atoms. The molecule has 0 aliphatic carbocycles. The van der Waals surface area contributed by atoms with Crippen LogP contribution in [0.5, 0.6) is 0 Å². The van der Waals surface area contributed by atoms with Gasteiger partial charge in [-0.15, -0.1) is 0 Å². The Bertz CT molecular complexity index is 550. The van der Waals surface area contributed by atoms with Gasteiger partial charge in [0.1, 0.15) is 0 Å². The molecule has 0 aliphatic heterocycles. The smallest absolute Gasteiger partial charge is 0.668 e. The van der Waals surface area contributed by atoms with Crippen molar-refractivity contribution in [3.05, 3.63) is 20.1 Å². The number of nitrogens with zero attached hydrogens (tertiary/aromatic N) is 8. The molecule has 0 fully saturated rings. The van der Waals surface area contributed by atoms with Gasteiger partial charge < -0.3 is 39.7 Å². The second-order valence-electron chi connectivity index (χ2n) is 13.6. The van der Waals surface area contributed by atoms with E-state index >= 15 is 0 Å². The van der Waals surface area contributed by atoms with Crippen molar-refractivity contribution in [3.63, 3.8) is 0 Å². The van der Waals surface area contributed by atoms with Crippen LogP contribution in [0.15, 0.2) is 0 Å². The Morgan fingerprint density at radius 3 is 0.595 bits per heavy atom. The van der Waals surface area contributed by atoms with Crippen LogP contribution < -0.4 is 0 Å². The molecule has 0 saturated heterocycles. The zero-order chi connectivity index (χ0) is 31.7. The van der Waals surface area contributed by atoms with E-state index in [0.717, 1.165) is 26.2 Å². The van der Waals surface area contributed by atoms with Crippen molar-refractivity contribution in [2.24, 2.45) is 0 Å². The fourth-order valence-corrected chi connectivity index (χ4v) is 19.7. The van der Waals surface area contributed by atoms with Crippen molar-refractivity contribution < 1.29 is 89.5 Å². The molecule has 0 atom stereocenters. The number of hydrogen-bond acceptors (Lipinski definition) is 0. The Labute approximate surface area is 331 Å². The maximum atomic E-state index is 9.35. The SMILES string of the molecule is CCN(CC)C(=[N-])N(C)C.CCN(CC)C(=[N-])N(C)C.C[Si](C)(C)[N-][Si](C)(C)C.C[Si](C)(C)[N-][Si](C)(C)C.[Ag+].[Ag+].[Ag+].[Ag+]. The van der Waals surface area contributed by atoms with E-state index in [1.807, 2.05) is 65.7 Å². The third kappa shape index (κ3) is 49.2. The van der Waals surface area contributed by atoms with Crippen LogP contribution >= 0.6 is 0 Å². The van der Waals surface area contributed by atoms with Crippen molar-refractivity contribution >= 4 is 44.9 Å². The molecule has 0 rings (SSSR count). The second kappa shape index (κ2) is 30.6. The quantitative estimate of drug-likeness (QED) is 0.142. The van der Waals surface area contributed by atoms with Gasteiger partial charge in [-0.2, -0.15) is 0 Å². The van der Waals surface area contributed by atoms with E-state index < -0.39 is 32.9 Å². The van der Waals surface area contributed by atoms with Gasteiger partial charge in [0.2, 0.25) is 0 Å². The van der Waals surface area contributed by atoms with Crippen LogP contribution in [0.4, 0.5) is 0 Å². The molecule has 16 heteroatoms. The second-order valence-corrected chi connectivity index (χ2v) is 32.8. The van der Waals surface area contributed by atoms with Gasteiger partial charge in [-0.3, -0.25) is 0 Å². The van der Waals surface area contributed by atoms with Crippen molar-refractivity contribution in [2.45, 2.75) is 106 Å². The molecule has 0 spiro atoms. The molecule has 0 radical (unpaired) electrons. The summed E-state index contributed by atoms with van der Waals surface area (Å²) >= 11 is 0. The molecular formula is C26H68Ag4N8Si4. The summed E-state index contributed by atoms with van der Waals surface area (Å²) in [6.07, 6.45) is 0. The van der Waals surface area contributed by atoms with Gasteiger partial charge in [0.25, 0.3) is 0 Å². The summed E-state index contributed by atoms with van der Waals surface area (Å²) in [5, 5.41) is 18.7. The van der Waals surface area contributed by atoms with Gasteiger partial charge in [0, 0.05) is 11.9 Å². The molecule has 8 nitrogen and oxygen atoms in total. The van der Waals surface area contributed by atoms with Crippen molar-refractivity contribution in [1.82, 2.24) is 19.6 Å². The molecule has 0 amide bonds. The van der Waals surface area contributed by atoms with Crippen LogP contribution in [0.25, 0.3) is 20.1 Å². The zero-order valence-corrected chi connectivity index (χ0v) is 40.5. The van der Waals surface area contributed by atoms with Gasteiger partial charge in [0.05, 0.1) is 0 Å². The summed E-state index contributed by atoms with van der Waals surface area (Å²) in [4.78, 5) is 7.18. The molecule has 272 valence electrons. The third-order valence-electron chi connectivity index (χ3n) is 4.23. The summed E-state index contributed by atoms with van der Waals surface area (Å²) in [5.41, 5.74) is 0. The van der Waals surface area contributed by atoms with E-state index in [2.05, 4.69) is 78.6 Å². The first kappa shape index (κ1) is 63.0. The molecular weight excluding hydrogens is 968 g/mol. The molecule has 0 heterocycles. The first-order valence-electron chi connectivity index (χ1n) is 14.1. The predicted molar refractivity (Wildman–Crippen MR) is 190 cm³/mol. The Kier molecular flexibility index (Phi) is 45.9. The van der Waals surface area contributed by atoms with Crippen LogP contribution in [0.3, 0.4) is 0 Å².